The summed E-state index contributed by atoms with van der Waals surface area (Å²) >= 11 is 0. The highest BCUT2D eigenvalue weighted by molar-refractivity contribution is 6.06. The summed E-state index contributed by atoms with van der Waals surface area (Å²) in [6.45, 7) is 2.82. The number of piperidine rings is 1. The Morgan fingerprint density at radius 1 is 1.21 bits per heavy atom. The fourth-order valence-corrected chi connectivity index (χ4v) is 2.81. The number of carbonyl (C=O) groups is 2. The number of nitrogens with one attached hydrogen (secondary N) is 2. The van der Waals surface area contributed by atoms with E-state index in [4.69, 9.17) is 0 Å². The maximum absolute atomic E-state index is 12.3. The molecule has 0 unspecified atom stereocenters. The zero-order valence-corrected chi connectivity index (χ0v) is 10.9. The van der Waals surface area contributed by atoms with Crippen LogP contribution in [0.3, 0.4) is 0 Å². The minimum absolute atomic E-state index is 0.00871. The zero-order valence-electron chi connectivity index (χ0n) is 10.9. The van der Waals surface area contributed by atoms with Gasteiger partial charge in [-0.15, -0.1) is 0 Å². The van der Waals surface area contributed by atoms with Crippen LogP contribution in [0.4, 0.5) is 11.4 Å². The van der Waals surface area contributed by atoms with E-state index in [0.717, 1.165) is 11.4 Å². The Bertz CT molecular complexity index is 533. The van der Waals surface area contributed by atoms with Crippen molar-refractivity contribution in [3.63, 3.8) is 0 Å². The number of benzene rings is 1. The highest BCUT2D eigenvalue weighted by atomic mass is 16.2. The van der Waals surface area contributed by atoms with Crippen molar-refractivity contribution in [3.8, 4) is 0 Å². The maximum atomic E-state index is 12.3. The third kappa shape index (κ3) is 1.95. The van der Waals surface area contributed by atoms with Crippen molar-refractivity contribution in [2.75, 3.05) is 23.7 Å². The molecule has 0 aliphatic carbocycles. The van der Waals surface area contributed by atoms with Crippen LogP contribution in [0.5, 0.6) is 0 Å². The molecule has 1 aromatic carbocycles. The van der Waals surface area contributed by atoms with Gasteiger partial charge < -0.3 is 15.5 Å². The first-order valence-electron chi connectivity index (χ1n) is 6.55. The van der Waals surface area contributed by atoms with E-state index < -0.39 is 5.54 Å². The molecule has 2 aliphatic rings. The lowest BCUT2D eigenvalue weighted by Crippen LogP contribution is -2.58. The molecule has 0 aromatic heterocycles. The van der Waals surface area contributed by atoms with Crippen molar-refractivity contribution >= 4 is 23.2 Å². The molecule has 1 fully saturated rings. The van der Waals surface area contributed by atoms with Crippen LogP contribution in [0.1, 0.15) is 19.8 Å². The SMILES string of the molecule is CC(=O)N1CCC2(CC1)Nc1ccccc1NC2=O. The minimum atomic E-state index is -0.569. The summed E-state index contributed by atoms with van der Waals surface area (Å²) < 4.78 is 0. The second kappa shape index (κ2) is 4.26. The van der Waals surface area contributed by atoms with E-state index in [1.807, 2.05) is 24.3 Å². The number of para-hydroxylation sites is 2. The third-order valence-electron chi connectivity index (χ3n) is 4.05. The quantitative estimate of drug-likeness (QED) is 0.741. The number of carbonyl (C=O) groups excluding carboxylic acids is 2. The average molecular weight is 259 g/mol. The van der Waals surface area contributed by atoms with Crippen molar-refractivity contribution < 1.29 is 9.59 Å². The lowest BCUT2D eigenvalue weighted by Gasteiger charge is -2.44. The maximum Gasteiger partial charge on any atom is 0.250 e. The minimum Gasteiger partial charge on any atom is -0.369 e. The molecule has 1 saturated heterocycles. The zero-order chi connectivity index (χ0) is 13.5. The summed E-state index contributed by atoms with van der Waals surface area (Å²) in [6.07, 6.45) is 1.29. The molecule has 5 nitrogen and oxygen atoms in total. The highest BCUT2D eigenvalue weighted by Gasteiger charge is 2.44. The molecular formula is C14H17N3O2. The molecule has 100 valence electrons. The van der Waals surface area contributed by atoms with Crippen molar-refractivity contribution in [3.05, 3.63) is 24.3 Å². The second-order valence-corrected chi connectivity index (χ2v) is 5.21. The molecule has 0 saturated carbocycles. The molecule has 2 N–H and O–H groups in total. The number of hydrogen-bond donors (Lipinski definition) is 2. The first-order valence-corrected chi connectivity index (χ1v) is 6.55. The summed E-state index contributed by atoms with van der Waals surface area (Å²) in [5, 5.41) is 6.33. The van der Waals surface area contributed by atoms with Gasteiger partial charge in [-0.2, -0.15) is 0 Å². The van der Waals surface area contributed by atoms with Crippen LogP contribution in [-0.4, -0.2) is 35.3 Å². The molecule has 2 heterocycles. The van der Waals surface area contributed by atoms with Crippen LogP contribution < -0.4 is 10.6 Å². The van der Waals surface area contributed by atoms with Crippen molar-refractivity contribution in [2.45, 2.75) is 25.3 Å². The normalized spacial score (nSPS) is 20.5. The predicted molar refractivity (Wildman–Crippen MR) is 72.9 cm³/mol. The Morgan fingerprint density at radius 2 is 1.84 bits per heavy atom. The first-order chi connectivity index (χ1) is 9.11. The van der Waals surface area contributed by atoms with Crippen LogP contribution in [0, 0.1) is 0 Å². The fourth-order valence-electron chi connectivity index (χ4n) is 2.81. The van der Waals surface area contributed by atoms with E-state index in [9.17, 15) is 9.59 Å². The highest BCUT2D eigenvalue weighted by Crippen LogP contribution is 2.36. The Hall–Kier alpha value is -2.04. The Kier molecular flexibility index (Phi) is 2.69. The third-order valence-corrected chi connectivity index (χ3v) is 4.05. The molecule has 1 spiro atoms. The van der Waals surface area contributed by atoms with Gasteiger partial charge in [-0.05, 0) is 25.0 Å². The van der Waals surface area contributed by atoms with E-state index in [0.29, 0.717) is 25.9 Å². The van der Waals surface area contributed by atoms with Gasteiger partial charge in [-0.1, -0.05) is 12.1 Å². The first kappa shape index (κ1) is 12.0. The Balaban J connectivity index is 1.83. The number of amides is 2. The molecular weight excluding hydrogens is 242 g/mol. The smallest absolute Gasteiger partial charge is 0.250 e. The van der Waals surface area contributed by atoms with Crippen molar-refractivity contribution in [1.82, 2.24) is 4.90 Å². The molecule has 0 atom stereocenters. The summed E-state index contributed by atoms with van der Waals surface area (Å²) in [5.74, 6) is 0.0841. The van der Waals surface area contributed by atoms with Crippen LogP contribution in [0.2, 0.25) is 0 Å². The topological polar surface area (TPSA) is 61.4 Å². The van der Waals surface area contributed by atoms with Gasteiger partial charge in [0.1, 0.15) is 5.54 Å². The van der Waals surface area contributed by atoms with E-state index in [1.165, 1.54) is 0 Å². The molecule has 5 heteroatoms. The Morgan fingerprint density at radius 3 is 2.47 bits per heavy atom. The second-order valence-electron chi connectivity index (χ2n) is 5.21. The van der Waals surface area contributed by atoms with Crippen LogP contribution in [0.15, 0.2) is 24.3 Å². The molecule has 3 rings (SSSR count). The Labute approximate surface area is 112 Å². The number of hydrogen-bond acceptors (Lipinski definition) is 3. The predicted octanol–water partition coefficient (Wildman–Crippen LogP) is 1.43. The standard InChI is InChI=1S/C14H17N3O2/c1-10(18)17-8-6-14(7-9-17)13(19)15-11-4-2-3-5-12(11)16-14/h2-5,16H,6-9H2,1H3,(H,15,19). The molecule has 1 aromatic rings. The van der Waals surface area contributed by atoms with Crippen molar-refractivity contribution in [2.24, 2.45) is 0 Å². The van der Waals surface area contributed by atoms with Gasteiger partial charge in [0.2, 0.25) is 11.8 Å². The average Bonchev–Trinajstić information content (AvgIpc) is 2.41. The monoisotopic (exact) mass is 259 g/mol. The van der Waals surface area contributed by atoms with E-state index in [-0.39, 0.29) is 11.8 Å². The molecule has 2 aliphatic heterocycles. The molecule has 0 bridgehead atoms. The summed E-state index contributed by atoms with van der Waals surface area (Å²) in [4.78, 5) is 25.5. The van der Waals surface area contributed by atoms with Crippen LogP contribution in [0.25, 0.3) is 0 Å². The lowest BCUT2D eigenvalue weighted by molar-refractivity contribution is -0.132. The van der Waals surface area contributed by atoms with Gasteiger partial charge in [0.25, 0.3) is 0 Å². The van der Waals surface area contributed by atoms with Crippen LogP contribution in [-0.2, 0) is 9.59 Å². The number of rotatable bonds is 0. The van der Waals surface area contributed by atoms with Gasteiger partial charge in [0.05, 0.1) is 11.4 Å². The molecule has 19 heavy (non-hydrogen) atoms. The van der Waals surface area contributed by atoms with Gasteiger partial charge in [-0.3, -0.25) is 9.59 Å². The largest absolute Gasteiger partial charge is 0.369 e. The fraction of sp³-hybridized carbons (Fsp3) is 0.429. The summed E-state index contributed by atoms with van der Waals surface area (Å²) in [6, 6.07) is 7.70. The summed E-state index contributed by atoms with van der Waals surface area (Å²) in [7, 11) is 0. The molecule has 0 radical (unpaired) electrons. The molecule has 2 amide bonds. The van der Waals surface area contributed by atoms with Crippen molar-refractivity contribution in [1.29, 1.82) is 0 Å². The lowest BCUT2D eigenvalue weighted by atomic mass is 9.84. The number of anilines is 2. The number of nitrogens with zero attached hydrogens (tertiary/aromatic N) is 1. The van der Waals surface area contributed by atoms with Gasteiger partial charge in [0.15, 0.2) is 0 Å². The van der Waals surface area contributed by atoms with E-state index >= 15 is 0 Å². The van der Waals surface area contributed by atoms with E-state index in [1.54, 1.807) is 11.8 Å². The van der Waals surface area contributed by atoms with Gasteiger partial charge >= 0.3 is 0 Å². The van der Waals surface area contributed by atoms with Gasteiger partial charge in [-0.25, -0.2) is 0 Å². The van der Waals surface area contributed by atoms with E-state index in [2.05, 4.69) is 10.6 Å². The number of likely N-dealkylation sites (tertiary alicyclic amines) is 1. The van der Waals surface area contributed by atoms with Crippen LogP contribution >= 0.6 is 0 Å². The summed E-state index contributed by atoms with van der Waals surface area (Å²) in [5.41, 5.74) is 1.21. The van der Waals surface area contributed by atoms with Gasteiger partial charge in [0, 0.05) is 20.0 Å². The number of fused-ring (bicyclic) bond motifs is 1.